The molecule has 1 aromatic heterocycles. The van der Waals surface area contributed by atoms with Crippen molar-refractivity contribution in [2.45, 2.75) is 0 Å². The Morgan fingerprint density at radius 1 is 1.18 bits per heavy atom. The van der Waals surface area contributed by atoms with Crippen LogP contribution in [0.3, 0.4) is 0 Å². The maximum absolute atomic E-state index is 5.69. The SMILES string of the molecule is Clc1ccc2n[nH]nc2c1.[Ag]. The Labute approximate surface area is 83.6 Å². The summed E-state index contributed by atoms with van der Waals surface area (Å²) >= 11 is 5.69. The fraction of sp³-hybridized carbons (Fsp3) is 0. The van der Waals surface area contributed by atoms with E-state index in [2.05, 4.69) is 15.4 Å². The molecule has 1 N–H and O–H groups in total. The average molecular weight is 261 g/mol. The number of fused-ring (bicyclic) bond motifs is 1. The van der Waals surface area contributed by atoms with Crippen LogP contribution in [0, 0.1) is 0 Å². The number of H-pyrrole nitrogens is 1. The van der Waals surface area contributed by atoms with Gasteiger partial charge in [0.15, 0.2) is 0 Å². The van der Waals surface area contributed by atoms with Crippen LogP contribution >= 0.6 is 11.6 Å². The third-order valence-corrected chi connectivity index (χ3v) is 1.51. The molecule has 5 heteroatoms. The zero-order valence-electron chi connectivity index (χ0n) is 5.31. The number of aromatic nitrogens is 3. The van der Waals surface area contributed by atoms with E-state index in [9.17, 15) is 0 Å². The summed E-state index contributed by atoms with van der Waals surface area (Å²) in [5.74, 6) is 0. The van der Waals surface area contributed by atoms with Crippen molar-refractivity contribution in [3.05, 3.63) is 23.2 Å². The first-order chi connectivity index (χ1) is 4.86. The van der Waals surface area contributed by atoms with Gasteiger partial charge in [-0.2, -0.15) is 15.4 Å². The Balaban J connectivity index is 0.000000605. The predicted octanol–water partition coefficient (Wildman–Crippen LogP) is 1.61. The fourth-order valence-corrected chi connectivity index (χ4v) is 0.980. The van der Waals surface area contributed by atoms with Crippen molar-refractivity contribution in [2.75, 3.05) is 0 Å². The molecule has 1 radical (unpaired) electrons. The van der Waals surface area contributed by atoms with E-state index in [1.165, 1.54) is 0 Å². The quantitative estimate of drug-likeness (QED) is 0.732. The normalized spacial score (nSPS) is 9.55. The Hall–Kier alpha value is -0.350. The van der Waals surface area contributed by atoms with Gasteiger partial charge in [0.25, 0.3) is 0 Å². The molecule has 0 amide bonds. The van der Waals surface area contributed by atoms with Gasteiger partial charge in [0.05, 0.1) is 0 Å². The van der Waals surface area contributed by atoms with Crippen molar-refractivity contribution in [3.63, 3.8) is 0 Å². The van der Waals surface area contributed by atoms with Crippen LogP contribution in [-0.4, -0.2) is 15.4 Å². The molecule has 0 atom stereocenters. The summed E-state index contributed by atoms with van der Waals surface area (Å²) < 4.78 is 0. The van der Waals surface area contributed by atoms with Crippen LogP contribution in [0.15, 0.2) is 18.2 Å². The van der Waals surface area contributed by atoms with Gasteiger partial charge in [0, 0.05) is 27.4 Å². The molecule has 61 valence electrons. The van der Waals surface area contributed by atoms with Crippen molar-refractivity contribution >= 4 is 22.6 Å². The number of halogens is 1. The van der Waals surface area contributed by atoms with E-state index in [0.29, 0.717) is 5.02 Å². The number of rotatable bonds is 0. The number of hydrogen-bond acceptors (Lipinski definition) is 2. The van der Waals surface area contributed by atoms with Crippen LogP contribution in [-0.2, 0) is 22.4 Å². The van der Waals surface area contributed by atoms with E-state index >= 15 is 0 Å². The van der Waals surface area contributed by atoms with Gasteiger partial charge in [-0.3, -0.25) is 0 Å². The van der Waals surface area contributed by atoms with Gasteiger partial charge in [-0.1, -0.05) is 11.6 Å². The van der Waals surface area contributed by atoms with E-state index in [0.717, 1.165) is 11.0 Å². The van der Waals surface area contributed by atoms with Gasteiger partial charge < -0.3 is 0 Å². The molecule has 2 rings (SSSR count). The van der Waals surface area contributed by atoms with E-state index in [4.69, 9.17) is 11.6 Å². The standard InChI is InChI=1S/C6H4ClN3.Ag/c7-4-1-2-5-6(3-4)9-10-8-5;/h1-3H,(H,8,9,10);. The van der Waals surface area contributed by atoms with Crippen molar-refractivity contribution in [2.24, 2.45) is 0 Å². The van der Waals surface area contributed by atoms with Gasteiger partial charge in [-0.25, -0.2) is 0 Å². The first kappa shape index (κ1) is 8.74. The molecule has 0 unspecified atom stereocenters. The van der Waals surface area contributed by atoms with E-state index < -0.39 is 0 Å². The molecule has 0 fully saturated rings. The van der Waals surface area contributed by atoms with Crippen LogP contribution in [0.1, 0.15) is 0 Å². The molecule has 1 aromatic carbocycles. The number of aromatic amines is 1. The number of hydrogen-bond donors (Lipinski definition) is 1. The summed E-state index contributed by atoms with van der Waals surface area (Å²) in [5, 5.41) is 10.9. The van der Waals surface area contributed by atoms with Crippen LogP contribution in [0.5, 0.6) is 0 Å². The number of nitrogens with zero attached hydrogens (tertiary/aromatic N) is 2. The summed E-state index contributed by atoms with van der Waals surface area (Å²) in [6.07, 6.45) is 0. The second kappa shape index (κ2) is 3.36. The van der Waals surface area contributed by atoms with Crippen molar-refractivity contribution in [3.8, 4) is 0 Å². The van der Waals surface area contributed by atoms with Gasteiger partial charge >= 0.3 is 0 Å². The summed E-state index contributed by atoms with van der Waals surface area (Å²) in [4.78, 5) is 0. The van der Waals surface area contributed by atoms with Gasteiger partial charge in [-0.15, -0.1) is 0 Å². The Morgan fingerprint density at radius 2 is 1.91 bits per heavy atom. The number of nitrogens with one attached hydrogen (secondary N) is 1. The minimum absolute atomic E-state index is 0. The Morgan fingerprint density at radius 3 is 2.73 bits per heavy atom. The van der Waals surface area contributed by atoms with E-state index in [-0.39, 0.29) is 22.4 Å². The molecular formula is C6H4AgClN3. The van der Waals surface area contributed by atoms with Crippen LogP contribution < -0.4 is 0 Å². The summed E-state index contributed by atoms with van der Waals surface area (Å²) in [6.45, 7) is 0. The zero-order valence-corrected chi connectivity index (χ0v) is 7.54. The summed E-state index contributed by atoms with van der Waals surface area (Å²) in [5.41, 5.74) is 1.64. The van der Waals surface area contributed by atoms with Crippen LogP contribution in [0.25, 0.3) is 11.0 Å². The topological polar surface area (TPSA) is 41.6 Å². The Bertz CT molecular complexity index is 359. The number of benzene rings is 1. The second-order valence-corrected chi connectivity index (χ2v) is 2.39. The van der Waals surface area contributed by atoms with Gasteiger partial charge in [0.1, 0.15) is 11.0 Å². The molecule has 0 saturated heterocycles. The third-order valence-electron chi connectivity index (χ3n) is 1.28. The zero-order chi connectivity index (χ0) is 6.97. The van der Waals surface area contributed by atoms with Gasteiger partial charge in [-0.05, 0) is 18.2 Å². The monoisotopic (exact) mass is 260 g/mol. The molecule has 0 aliphatic rings. The molecule has 0 bridgehead atoms. The van der Waals surface area contributed by atoms with E-state index in [1.54, 1.807) is 12.1 Å². The molecule has 1 heterocycles. The minimum Gasteiger partial charge on any atom is -0.197 e. The van der Waals surface area contributed by atoms with Crippen molar-refractivity contribution in [1.29, 1.82) is 0 Å². The van der Waals surface area contributed by atoms with Crippen molar-refractivity contribution in [1.82, 2.24) is 15.4 Å². The summed E-state index contributed by atoms with van der Waals surface area (Å²) in [6, 6.07) is 5.37. The predicted molar refractivity (Wildman–Crippen MR) is 38.9 cm³/mol. The largest absolute Gasteiger partial charge is 0.197 e. The smallest absolute Gasteiger partial charge is 0.114 e. The van der Waals surface area contributed by atoms with Crippen molar-refractivity contribution < 1.29 is 22.4 Å². The third kappa shape index (κ3) is 1.62. The molecule has 0 spiro atoms. The molecule has 11 heavy (non-hydrogen) atoms. The van der Waals surface area contributed by atoms with E-state index in [1.807, 2.05) is 6.07 Å². The molecule has 3 nitrogen and oxygen atoms in total. The fourth-order valence-electron chi connectivity index (χ4n) is 0.813. The maximum Gasteiger partial charge on any atom is 0.114 e. The molecule has 0 aliphatic carbocycles. The molecule has 2 aromatic rings. The molecular weight excluding hydrogens is 257 g/mol. The Kier molecular flexibility index (Phi) is 2.67. The molecule has 0 aliphatic heterocycles. The second-order valence-electron chi connectivity index (χ2n) is 1.96. The van der Waals surface area contributed by atoms with Gasteiger partial charge in [0.2, 0.25) is 0 Å². The minimum atomic E-state index is 0. The maximum atomic E-state index is 5.69. The first-order valence-corrected chi connectivity index (χ1v) is 3.20. The van der Waals surface area contributed by atoms with Crippen LogP contribution in [0.2, 0.25) is 5.02 Å². The van der Waals surface area contributed by atoms with Crippen LogP contribution in [0.4, 0.5) is 0 Å². The molecule has 0 saturated carbocycles. The summed E-state index contributed by atoms with van der Waals surface area (Å²) in [7, 11) is 0. The first-order valence-electron chi connectivity index (χ1n) is 2.82. The average Bonchev–Trinajstić information content (AvgIpc) is 2.33.